The van der Waals surface area contributed by atoms with Gasteiger partial charge in [-0.3, -0.25) is 4.79 Å². The number of benzene rings is 2. The fraction of sp³-hybridized carbons (Fsp3) is 0.286. The molecule has 0 radical (unpaired) electrons. The molecule has 1 aliphatic heterocycles. The van der Waals surface area contributed by atoms with Crippen LogP contribution in [-0.2, 0) is 19.6 Å². The standard InChI is InChI=1S/C21H23NO4S2/c1-17-9-11-19(12-10-17)28(24,25)22-13-15-27-16-20(22)21(23)26-14-5-8-18-6-3-2-4-7-18/h2-12,20H,13-16H2,1H3/t20-/m0/s1. The van der Waals surface area contributed by atoms with Crippen LogP contribution in [-0.4, -0.2) is 49.4 Å². The Bertz CT molecular complexity index is 925. The highest BCUT2D eigenvalue weighted by Crippen LogP contribution is 2.25. The number of nitrogens with zero attached hydrogens (tertiary/aromatic N) is 1. The Morgan fingerprint density at radius 1 is 1.18 bits per heavy atom. The van der Waals surface area contributed by atoms with E-state index in [1.54, 1.807) is 42.1 Å². The topological polar surface area (TPSA) is 63.7 Å². The van der Waals surface area contributed by atoms with E-state index in [4.69, 9.17) is 4.74 Å². The van der Waals surface area contributed by atoms with Gasteiger partial charge in [-0.1, -0.05) is 54.1 Å². The number of ether oxygens (including phenoxy) is 1. The lowest BCUT2D eigenvalue weighted by atomic mass is 10.2. The van der Waals surface area contributed by atoms with Gasteiger partial charge in [0.05, 0.1) is 4.90 Å². The maximum Gasteiger partial charge on any atom is 0.325 e. The third-order valence-electron chi connectivity index (χ3n) is 4.41. The lowest BCUT2D eigenvalue weighted by Gasteiger charge is -2.32. The Morgan fingerprint density at radius 3 is 2.61 bits per heavy atom. The van der Waals surface area contributed by atoms with Gasteiger partial charge in [-0.05, 0) is 30.7 Å². The molecule has 1 heterocycles. The first-order valence-electron chi connectivity index (χ1n) is 9.03. The summed E-state index contributed by atoms with van der Waals surface area (Å²) >= 11 is 1.56. The van der Waals surface area contributed by atoms with Crippen LogP contribution in [0.4, 0.5) is 0 Å². The minimum Gasteiger partial charge on any atom is -0.460 e. The molecule has 1 aliphatic rings. The summed E-state index contributed by atoms with van der Waals surface area (Å²) in [5, 5.41) is 0. The van der Waals surface area contributed by atoms with Crippen molar-refractivity contribution < 1.29 is 17.9 Å². The van der Waals surface area contributed by atoms with Crippen molar-refractivity contribution in [3.63, 3.8) is 0 Å². The van der Waals surface area contributed by atoms with Crippen LogP contribution in [0.1, 0.15) is 11.1 Å². The summed E-state index contributed by atoms with van der Waals surface area (Å²) in [6.45, 7) is 2.30. The van der Waals surface area contributed by atoms with Gasteiger partial charge in [-0.15, -0.1) is 0 Å². The highest BCUT2D eigenvalue weighted by molar-refractivity contribution is 7.99. The van der Waals surface area contributed by atoms with Crippen LogP contribution in [0.5, 0.6) is 0 Å². The fourth-order valence-corrected chi connectivity index (χ4v) is 5.70. The second-order valence-electron chi connectivity index (χ2n) is 6.46. The molecule has 2 aromatic rings. The van der Waals surface area contributed by atoms with Crippen LogP contribution in [0.25, 0.3) is 6.08 Å². The summed E-state index contributed by atoms with van der Waals surface area (Å²) in [6.07, 6.45) is 3.62. The van der Waals surface area contributed by atoms with Gasteiger partial charge in [-0.2, -0.15) is 16.1 Å². The van der Waals surface area contributed by atoms with Crippen LogP contribution in [0.3, 0.4) is 0 Å². The highest BCUT2D eigenvalue weighted by atomic mass is 32.2. The number of sulfonamides is 1. The van der Waals surface area contributed by atoms with Crippen LogP contribution in [0.2, 0.25) is 0 Å². The highest BCUT2D eigenvalue weighted by Gasteiger charge is 2.38. The van der Waals surface area contributed by atoms with Crippen LogP contribution in [0, 0.1) is 6.92 Å². The smallest absolute Gasteiger partial charge is 0.325 e. The summed E-state index contributed by atoms with van der Waals surface area (Å²) in [5.41, 5.74) is 1.99. The first kappa shape index (κ1) is 20.6. The minimum atomic E-state index is -3.75. The molecule has 0 aromatic heterocycles. The SMILES string of the molecule is Cc1ccc(S(=O)(=O)N2CCSC[C@H]2C(=O)OCC=Cc2ccccc2)cc1. The normalized spacial score (nSPS) is 18.2. The number of carbonyl (C=O) groups excluding carboxylic acids is 1. The molecule has 0 aliphatic carbocycles. The molecular formula is C21H23NO4S2. The summed E-state index contributed by atoms with van der Waals surface area (Å²) in [6, 6.07) is 15.6. The largest absolute Gasteiger partial charge is 0.460 e. The average molecular weight is 418 g/mol. The zero-order valence-corrected chi connectivity index (χ0v) is 17.3. The molecule has 1 saturated heterocycles. The Labute approximate surface area is 170 Å². The number of aryl methyl sites for hydroxylation is 1. The van der Waals surface area contributed by atoms with E-state index >= 15 is 0 Å². The Kier molecular flexibility index (Phi) is 6.93. The van der Waals surface area contributed by atoms with Crippen LogP contribution < -0.4 is 0 Å². The predicted molar refractivity (Wildman–Crippen MR) is 113 cm³/mol. The second-order valence-corrected chi connectivity index (χ2v) is 9.50. The minimum absolute atomic E-state index is 0.104. The van der Waals surface area contributed by atoms with E-state index in [0.717, 1.165) is 11.1 Å². The molecule has 5 nitrogen and oxygen atoms in total. The molecular weight excluding hydrogens is 394 g/mol. The molecule has 0 spiro atoms. The Morgan fingerprint density at radius 2 is 1.89 bits per heavy atom. The molecule has 148 valence electrons. The van der Waals surface area contributed by atoms with Gasteiger partial charge in [0.15, 0.2) is 0 Å². The molecule has 1 fully saturated rings. The number of esters is 1. The van der Waals surface area contributed by atoms with Gasteiger partial charge in [0.25, 0.3) is 0 Å². The van der Waals surface area contributed by atoms with Gasteiger partial charge >= 0.3 is 5.97 Å². The monoisotopic (exact) mass is 417 g/mol. The zero-order valence-electron chi connectivity index (χ0n) is 15.7. The molecule has 0 amide bonds. The molecule has 28 heavy (non-hydrogen) atoms. The fourth-order valence-electron chi connectivity index (χ4n) is 2.88. The molecule has 1 atom stereocenters. The third kappa shape index (κ3) is 5.04. The zero-order chi connectivity index (χ0) is 20.0. The van der Waals surface area contributed by atoms with E-state index in [-0.39, 0.29) is 11.5 Å². The molecule has 7 heteroatoms. The van der Waals surface area contributed by atoms with E-state index in [2.05, 4.69) is 0 Å². The molecule has 0 bridgehead atoms. The van der Waals surface area contributed by atoms with E-state index in [0.29, 0.717) is 18.1 Å². The summed E-state index contributed by atoms with van der Waals surface area (Å²) in [7, 11) is -3.75. The van der Waals surface area contributed by atoms with E-state index in [9.17, 15) is 13.2 Å². The van der Waals surface area contributed by atoms with Crippen LogP contribution >= 0.6 is 11.8 Å². The van der Waals surface area contributed by atoms with Crippen molar-refractivity contribution in [2.45, 2.75) is 17.9 Å². The van der Waals surface area contributed by atoms with Crippen LogP contribution in [0.15, 0.2) is 65.6 Å². The van der Waals surface area contributed by atoms with E-state index < -0.39 is 22.0 Å². The molecule has 2 aromatic carbocycles. The first-order valence-corrected chi connectivity index (χ1v) is 11.6. The second kappa shape index (κ2) is 9.41. The number of hydrogen-bond acceptors (Lipinski definition) is 5. The van der Waals surface area contributed by atoms with Gasteiger partial charge in [-0.25, -0.2) is 8.42 Å². The lowest BCUT2D eigenvalue weighted by Crippen LogP contribution is -2.50. The summed E-state index contributed by atoms with van der Waals surface area (Å²) in [4.78, 5) is 12.8. The van der Waals surface area contributed by atoms with Crippen molar-refractivity contribution in [1.82, 2.24) is 4.31 Å². The summed E-state index contributed by atoms with van der Waals surface area (Å²) in [5.74, 6) is 0.537. The van der Waals surface area contributed by atoms with Gasteiger partial charge < -0.3 is 4.74 Å². The van der Waals surface area contributed by atoms with Crippen molar-refractivity contribution in [2.75, 3.05) is 24.7 Å². The Balaban J connectivity index is 1.67. The van der Waals surface area contributed by atoms with Crippen molar-refractivity contribution >= 4 is 33.8 Å². The third-order valence-corrected chi connectivity index (χ3v) is 7.36. The Hall–Kier alpha value is -2.09. The number of thioether (sulfide) groups is 1. The van der Waals surface area contributed by atoms with E-state index in [1.165, 1.54) is 4.31 Å². The molecule has 0 N–H and O–H groups in total. The average Bonchev–Trinajstić information content (AvgIpc) is 2.72. The number of hydrogen-bond donors (Lipinski definition) is 0. The quantitative estimate of drug-likeness (QED) is 0.675. The van der Waals surface area contributed by atoms with Crippen molar-refractivity contribution in [3.05, 3.63) is 71.8 Å². The van der Waals surface area contributed by atoms with Crippen molar-refractivity contribution in [3.8, 4) is 0 Å². The van der Waals surface area contributed by atoms with Crippen molar-refractivity contribution in [2.24, 2.45) is 0 Å². The molecule has 0 unspecified atom stereocenters. The lowest BCUT2D eigenvalue weighted by molar-refractivity contribution is -0.146. The first-order chi connectivity index (χ1) is 13.5. The molecule has 3 rings (SSSR count). The number of carbonyl (C=O) groups is 1. The predicted octanol–water partition coefficient (Wildman–Crippen LogP) is 3.36. The van der Waals surface area contributed by atoms with Crippen molar-refractivity contribution in [1.29, 1.82) is 0 Å². The van der Waals surface area contributed by atoms with Gasteiger partial charge in [0, 0.05) is 18.1 Å². The van der Waals surface area contributed by atoms with E-state index in [1.807, 2.05) is 43.3 Å². The molecule has 0 saturated carbocycles. The van der Waals surface area contributed by atoms with Gasteiger partial charge in [0.2, 0.25) is 10.0 Å². The summed E-state index contributed by atoms with van der Waals surface area (Å²) < 4.78 is 32.7. The van der Waals surface area contributed by atoms with Gasteiger partial charge in [0.1, 0.15) is 12.6 Å². The number of rotatable bonds is 6. The maximum absolute atomic E-state index is 13.0. The maximum atomic E-state index is 13.0.